The summed E-state index contributed by atoms with van der Waals surface area (Å²) in [6, 6.07) is 3.96. The van der Waals surface area contributed by atoms with Crippen LogP contribution >= 0.6 is 0 Å². The molecule has 2 rings (SSSR count). The fourth-order valence-corrected chi connectivity index (χ4v) is 4.22. The number of hydrogen-bond donors (Lipinski definition) is 3. The van der Waals surface area contributed by atoms with Crippen LogP contribution in [-0.2, 0) is 10.0 Å². The van der Waals surface area contributed by atoms with Gasteiger partial charge in [-0.3, -0.25) is 0 Å². The number of hydrogen-bond acceptors (Lipinski definition) is 4. The molecule has 0 saturated heterocycles. The fourth-order valence-electron chi connectivity index (χ4n) is 2.71. The Bertz CT molecular complexity index is 679. The van der Waals surface area contributed by atoms with Crippen LogP contribution in [0.3, 0.4) is 0 Å². The predicted molar refractivity (Wildman–Crippen MR) is 89.3 cm³/mol. The van der Waals surface area contributed by atoms with Crippen LogP contribution < -0.4 is 10.0 Å². The van der Waals surface area contributed by atoms with Gasteiger partial charge in [0.2, 0.25) is 10.0 Å². The lowest BCUT2D eigenvalue weighted by Crippen LogP contribution is -2.36. The van der Waals surface area contributed by atoms with Crippen molar-refractivity contribution < 1.29 is 18.3 Å². The highest BCUT2D eigenvalue weighted by molar-refractivity contribution is 7.89. The summed E-state index contributed by atoms with van der Waals surface area (Å²) in [5.74, 6) is -1.16. The SMILES string of the molecule is C=CCNc1ccc(C(=O)O)cc1S(=O)(=O)NC1CCCCC1. The summed E-state index contributed by atoms with van der Waals surface area (Å²) < 4.78 is 28.1. The van der Waals surface area contributed by atoms with Gasteiger partial charge in [-0.25, -0.2) is 17.9 Å². The number of benzene rings is 1. The third-order valence-electron chi connectivity index (χ3n) is 3.88. The van der Waals surface area contributed by atoms with Crippen LogP contribution in [0, 0.1) is 0 Å². The van der Waals surface area contributed by atoms with Gasteiger partial charge in [0.15, 0.2) is 0 Å². The first-order valence-electron chi connectivity index (χ1n) is 7.68. The summed E-state index contributed by atoms with van der Waals surface area (Å²) in [5.41, 5.74) is 0.316. The van der Waals surface area contributed by atoms with Gasteiger partial charge in [0, 0.05) is 12.6 Å². The van der Waals surface area contributed by atoms with E-state index in [1.165, 1.54) is 18.2 Å². The predicted octanol–water partition coefficient (Wildman–Crippen LogP) is 2.59. The van der Waals surface area contributed by atoms with Gasteiger partial charge in [0.05, 0.1) is 11.3 Å². The van der Waals surface area contributed by atoms with Crippen molar-refractivity contribution in [3.8, 4) is 0 Å². The van der Waals surface area contributed by atoms with Crippen LogP contribution in [-0.4, -0.2) is 32.1 Å². The maximum atomic E-state index is 12.7. The van der Waals surface area contributed by atoms with Gasteiger partial charge in [-0.15, -0.1) is 6.58 Å². The van der Waals surface area contributed by atoms with Crippen LogP contribution in [0.15, 0.2) is 35.7 Å². The number of rotatable bonds is 7. The first-order valence-corrected chi connectivity index (χ1v) is 9.17. The number of anilines is 1. The van der Waals surface area contributed by atoms with Crippen molar-refractivity contribution in [2.75, 3.05) is 11.9 Å². The summed E-state index contributed by atoms with van der Waals surface area (Å²) in [6.07, 6.45) is 6.36. The van der Waals surface area contributed by atoms with Gasteiger partial charge in [-0.05, 0) is 31.0 Å². The summed E-state index contributed by atoms with van der Waals surface area (Å²) >= 11 is 0. The van der Waals surface area contributed by atoms with Crippen LogP contribution in [0.5, 0.6) is 0 Å². The van der Waals surface area contributed by atoms with Crippen LogP contribution in [0.1, 0.15) is 42.5 Å². The number of carbonyl (C=O) groups is 1. The zero-order valence-corrected chi connectivity index (χ0v) is 13.7. The largest absolute Gasteiger partial charge is 0.478 e. The molecule has 1 aromatic rings. The molecule has 1 aliphatic carbocycles. The Hall–Kier alpha value is -1.86. The third-order valence-corrected chi connectivity index (χ3v) is 5.44. The van der Waals surface area contributed by atoms with Gasteiger partial charge in [-0.1, -0.05) is 25.3 Å². The topological polar surface area (TPSA) is 95.5 Å². The lowest BCUT2D eigenvalue weighted by molar-refractivity contribution is 0.0696. The first-order chi connectivity index (χ1) is 10.9. The van der Waals surface area contributed by atoms with Crippen LogP contribution in [0.4, 0.5) is 5.69 Å². The first kappa shape index (κ1) is 17.5. The highest BCUT2D eigenvalue weighted by Gasteiger charge is 2.25. The number of carboxylic acids is 1. The van der Waals surface area contributed by atoms with E-state index in [-0.39, 0.29) is 16.5 Å². The Morgan fingerprint density at radius 2 is 2.00 bits per heavy atom. The van der Waals surface area contributed by atoms with Gasteiger partial charge in [-0.2, -0.15) is 0 Å². The lowest BCUT2D eigenvalue weighted by atomic mass is 9.96. The molecular formula is C16H22N2O4S. The number of nitrogens with one attached hydrogen (secondary N) is 2. The zero-order valence-electron chi connectivity index (χ0n) is 12.9. The summed E-state index contributed by atoms with van der Waals surface area (Å²) in [5, 5.41) is 12.1. The smallest absolute Gasteiger partial charge is 0.335 e. The van der Waals surface area contributed by atoms with E-state index >= 15 is 0 Å². The van der Waals surface area contributed by atoms with Crippen molar-refractivity contribution in [1.82, 2.24) is 4.72 Å². The van der Waals surface area contributed by atoms with Crippen molar-refractivity contribution >= 4 is 21.7 Å². The Morgan fingerprint density at radius 3 is 2.61 bits per heavy atom. The number of carboxylic acid groups (broad SMARTS) is 1. The average molecular weight is 338 g/mol. The second-order valence-electron chi connectivity index (χ2n) is 5.64. The third kappa shape index (κ3) is 4.56. The molecule has 0 aliphatic heterocycles. The second-order valence-corrected chi connectivity index (χ2v) is 7.32. The van der Waals surface area contributed by atoms with Gasteiger partial charge in [0.1, 0.15) is 4.90 Å². The summed E-state index contributed by atoms with van der Waals surface area (Å²) in [7, 11) is -3.79. The number of aromatic carboxylic acids is 1. The van der Waals surface area contributed by atoms with E-state index in [9.17, 15) is 13.2 Å². The van der Waals surface area contributed by atoms with Crippen molar-refractivity contribution in [2.24, 2.45) is 0 Å². The Labute approximate surface area is 136 Å². The van der Waals surface area contributed by atoms with Gasteiger partial charge in [0.25, 0.3) is 0 Å². The molecule has 0 atom stereocenters. The normalized spacial score (nSPS) is 16.0. The maximum Gasteiger partial charge on any atom is 0.335 e. The molecule has 0 heterocycles. The van der Waals surface area contributed by atoms with E-state index in [1.54, 1.807) is 6.08 Å². The lowest BCUT2D eigenvalue weighted by Gasteiger charge is -2.23. The molecular weight excluding hydrogens is 316 g/mol. The molecule has 1 aliphatic rings. The highest BCUT2D eigenvalue weighted by atomic mass is 32.2. The highest BCUT2D eigenvalue weighted by Crippen LogP contribution is 2.25. The second kappa shape index (κ2) is 7.61. The molecule has 7 heteroatoms. The van der Waals surface area contributed by atoms with Crippen molar-refractivity contribution in [2.45, 2.75) is 43.0 Å². The van der Waals surface area contributed by atoms with E-state index in [4.69, 9.17) is 5.11 Å². The molecule has 23 heavy (non-hydrogen) atoms. The van der Waals surface area contributed by atoms with E-state index in [2.05, 4.69) is 16.6 Å². The van der Waals surface area contributed by atoms with Crippen LogP contribution in [0.25, 0.3) is 0 Å². The zero-order chi connectivity index (χ0) is 16.9. The molecule has 1 aromatic carbocycles. The van der Waals surface area contributed by atoms with E-state index in [1.807, 2.05) is 0 Å². The molecule has 0 radical (unpaired) electrons. The Balaban J connectivity index is 2.33. The van der Waals surface area contributed by atoms with Crippen LogP contribution in [0.2, 0.25) is 0 Å². The van der Waals surface area contributed by atoms with Crippen molar-refractivity contribution in [3.63, 3.8) is 0 Å². The minimum absolute atomic E-state index is 0.0372. The average Bonchev–Trinajstić information content (AvgIpc) is 2.53. The standard InChI is InChI=1S/C16H22N2O4S/c1-2-10-17-14-9-8-12(16(19)20)11-15(14)23(21,22)18-13-6-4-3-5-7-13/h2,8-9,11,13,17-18H,1,3-7,10H2,(H,19,20). The molecule has 0 unspecified atom stereocenters. The Morgan fingerprint density at radius 1 is 1.30 bits per heavy atom. The molecule has 0 amide bonds. The van der Waals surface area contributed by atoms with Gasteiger partial charge < -0.3 is 10.4 Å². The van der Waals surface area contributed by atoms with Crippen molar-refractivity contribution in [3.05, 3.63) is 36.4 Å². The molecule has 0 bridgehead atoms. The fraction of sp³-hybridized carbons (Fsp3) is 0.438. The van der Waals surface area contributed by atoms with E-state index in [0.717, 1.165) is 32.1 Å². The van der Waals surface area contributed by atoms with E-state index < -0.39 is 16.0 Å². The van der Waals surface area contributed by atoms with Gasteiger partial charge >= 0.3 is 5.97 Å². The minimum Gasteiger partial charge on any atom is -0.478 e. The number of sulfonamides is 1. The maximum absolute atomic E-state index is 12.7. The Kier molecular flexibility index (Phi) is 5.79. The van der Waals surface area contributed by atoms with Crippen molar-refractivity contribution in [1.29, 1.82) is 0 Å². The molecule has 1 saturated carbocycles. The molecule has 0 spiro atoms. The molecule has 0 aromatic heterocycles. The molecule has 126 valence electrons. The summed E-state index contributed by atoms with van der Waals surface area (Å²) in [6.45, 7) is 3.97. The monoisotopic (exact) mass is 338 g/mol. The summed E-state index contributed by atoms with van der Waals surface area (Å²) in [4.78, 5) is 11.1. The molecule has 3 N–H and O–H groups in total. The quantitative estimate of drug-likeness (QED) is 0.664. The molecule has 1 fully saturated rings. The minimum atomic E-state index is -3.79. The van der Waals surface area contributed by atoms with E-state index in [0.29, 0.717) is 12.2 Å². The molecule has 6 nitrogen and oxygen atoms in total.